The molecule has 0 radical (unpaired) electrons. The quantitative estimate of drug-likeness (QED) is 0.198. The van der Waals surface area contributed by atoms with E-state index in [4.69, 9.17) is 9.47 Å². The van der Waals surface area contributed by atoms with Crippen molar-refractivity contribution in [3.8, 4) is 11.5 Å². The van der Waals surface area contributed by atoms with Crippen LogP contribution in [0.1, 0.15) is 30.5 Å². The minimum absolute atomic E-state index is 0.0188. The summed E-state index contributed by atoms with van der Waals surface area (Å²) < 4.78 is 11.8. The number of carbonyl (C=O) groups is 2. The van der Waals surface area contributed by atoms with Crippen LogP contribution in [0.5, 0.6) is 11.5 Å². The fraction of sp³-hybridized carbons (Fsp3) is 0.179. The summed E-state index contributed by atoms with van der Waals surface area (Å²) in [4.78, 5) is 32.7. The summed E-state index contributed by atoms with van der Waals surface area (Å²) in [6, 6.07) is 20.6. The lowest BCUT2D eigenvalue weighted by atomic mass is 9.95. The van der Waals surface area contributed by atoms with Gasteiger partial charge in [-0.05, 0) is 42.3 Å². The maximum absolute atomic E-state index is 13.4. The number of aliphatic hydroxyl groups excluding tert-OH is 1. The summed E-state index contributed by atoms with van der Waals surface area (Å²) in [6.45, 7) is 2.61. The van der Waals surface area contributed by atoms with E-state index >= 15 is 0 Å². The van der Waals surface area contributed by atoms with Gasteiger partial charge in [0, 0.05) is 5.56 Å². The van der Waals surface area contributed by atoms with E-state index in [1.54, 1.807) is 49.6 Å². The number of aliphatic hydroxyl groups is 1. The molecule has 3 aromatic carbocycles. The molecule has 36 heavy (non-hydrogen) atoms. The van der Waals surface area contributed by atoms with Crippen molar-refractivity contribution in [1.82, 2.24) is 4.98 Å². The summed E-state index contributed by atoms with van der Waals surface area (Å²) in [6.07, 6.45) is 0.876. The topological polar surface area (TPSA) is 89.0 Å². The highest BCUT2D eigenvalue weighted by Crippen LogP contribution is 2.44. The Labute approximate surface area is 212 Å². The van der Waals surface area contributed by atoms with E-state index in [0.717, 1.165) is 11.1 Å². The summed E-state index contributed by atoms with van der Waals surface area (Å²) in [5.74, 6) is -0.370. The lowest BCUT2D eigenvalue weighted by molar-refractivity contribution is -0.132. The molecule has 1 amide bonds. The Balaban J connectivity index is 1.66. The highest BCUT2D eigenvalue weighted by Gasteiger charge is 2.48. The number of aromatic nitrogens is 1. The number of methoxy groups -OCH3 is 1. The number of fused-ring (bicyclic) bond motifs is 1. The molecule has 0 aliphatic carbocycles. The van der Waals surface area contributed by atoms with Crippen LogP contribution >= 0.6 is 11.3 Å². The first kappa shape index (κ1) is 23.6. The average molecular weight is 501 g/mol. The number of anilines is 1. The van der Waals surface area contributed by atoms with Crippen LogP contribution in [-0.4, -0.2) is 35.5 Å². The highest BCUT2D eigenvalue weighted by molar-refractivity contribution is 7.22. The minimum atomic E-state index is -0.854. The van der Waals surface area contributed by atoms with Crippen LogP contribution < -0.4 is 14.4 Å². The largest absolute Gasteiger partial charge is 0.507 e. The Morgan fingerprint density at radius 3 is 2.44 bits per heavy atom. The monoisotopic (exact) mass is 500 g/mol. The molecule has 8 heteroatoms. The number of amides is 1. The summed E-state index contributed by atoms with van der Waals surface area (Å²) in [7, 11) is 1.58. The maximum Gasteiger partial charge on any atom is 0.301 e. The Morgan fingerprint density at radius 2 is 1.75 bits per heavy atom. The number of hydrogen-bond acceptors (Lipinski definition) is 7. The molecular weight excluding hydrogens is 476 g/mol. The van der Waals surface area contributed by atoms with Crippen LogP contribution in [0.15, 0.2) is 78.4 Å². The molecule has 0 bridgehead atoms. The number of nitrogens with zero attached hydrogens (tertiary/aromatic N) is 2. The van der Waals surface area contributed by atoms with E-state index in [-0.39, 0.29) is 11.3 Å². The second-order valence-corrected chi connectivity index (χ2v) is 9.29. The molecule has 182 valence electrons. The number of Topliss-reactive ketones (excluding diaryl/α,β-unsaturated/α-hetero) is 1. The molecule has 1 unspecified atom stereocenters. The van der Waals surface area contributed by atoms with Gasteiger partial charge >= 0.3 is 5.91 Å². The van der Waals surface area contributed by atoms with Crippen LogP contribution in [0.25, 0.3) is 16.0 Å². The molecule has 2 heterocycles. The molecule has 1 aliphatic rings. The van der Waals surface area contributed by atoms with Gasteiger partial charge in [0.15, 0.2) is 5.13 Å². The molecule has 0 spiro atoms. The Morgan fingerprint density at radius 1 is 1.03 bits per heavy atom. The van der Waals surface area contributed by atoms with Crippen molar-refractivity contribution >= 4 is 44.1 Å². The van der Waals surface area contributed by atoms with Crippen molar-refractivity contribution in [2.75, 3.05) is 18.6 Å². The predicted molar refractivity (Wildman–Crippen MR) is 140 cm³/mol. The van der Waals surface area contributed by atoms with Crippen molar-refractivity contribution in [2.24, 2.45) is 0 Å². The number of benzene rings is 3. The van der Waals surface area contributed by atoms with Gasteiger partial charge in [-0.2, -0.15) is 0 Å². The van der Waals surface area contributed by atoms with E-state index < -0.39 is 17.7 Å². The van der Waals surface area contributed by atoms with Crippen LogP contribution in [0, 0.1) is 0 Å². The SMILES string of the molecule is CCCOc1ccc(C2C(=C(O)c3ccccc3)C(=O)C(=O)N2c2nc3ccc(OC)cc3s2)cc1. The Bertz CT molecular complexity index is 1460. The molecular formula is C28H24N2O5S. The van der Waals surface area contributed by atoms with Gasteiger partial charge in [-0.3, -0.25) is 14.5 Å². The van der Waals surface area contributed by atoms with Gasteiger partial charge in [-0.25, -0.2) is 4.98 Å². The van der Waals surface area contributed by atoms with Gasteiger partial charge in [-0.15, -0.1) is 0 Å². The lowest BCUT2D eigenvalue weighted by Crippen LogP contribution is -2.29. The second-order valence-electron chi connectivity index (χ2n) is 8.28. The van der Waals surface area contributed by atoms with Crippen LogP contribution in [0.2, 0.25) is 0 Å². The standard InChI is InChI=1S/C28H24N2O5S/c1-3-15-35-19-11-9-17(10-12-19)24-23(25(31)18-7-5-4-6-8-18)26(32)27(33)30(24)28-29-21-14-13-20(34-2)16-22(21)36-28/h4-14,16,24,31H,3,15H2,1-2H3. The zero-order valence-electron chi connectivity index (χ0n) is 19.8. The average Bonchev–Trinajstić information content (AvgIpc) is 3.45. The normalized spacial score (nSPS) is 17.1. The first-order valence-corrected chi connectivity index (χ1v) is 12.4. The van der Waals surface area contributed by atoms with E-state index in [1.807, 2.05) is 37.3 Å². The molecule has 5 rings (SSSR count). The van der Waals surface area contributed by atoms with E-state index in [1.165, 1.54) is 16.2 Å². The van der Waals surface area contributed by atoms with Gasteiger partial charge in [0.1, 0.15) is 17.3 Å². The molecule has 0 saturated carbocycles. The summed E-state index contributed by atoms with van der Waals surface area (Å²) in [5, 5.41) is 11.6. The molecule has 1 fully saturated rings. The highest BCUT2D eigenvalue weighted by atomic mass is 32.1. The first-order chi connectivity index (χ1) is 17.5. The van der Waals surface area contributed by atoms with Gasteiger partial charge < -0.3 is 14.6 Å². The number of thiazole rings is 1. The Hall–Kier alpha value is -4.17. The van der Waals surface area contributed by atoms with Crippen molar-refractivity contribution in [3.05, 3.63) is 89.5 Å². The van der Waals surface area contributed by atoms with Gasteiger partial charge in [0.05, 0.1) is 35.5 Å². The second kappa shape index (κ2) is 9.83. The summed E-state index contributed by atoms with van der Waals surface area (Å²) >= 11 is 1.28. The van der Waals surface area contributed by atoms with Gasteiger partial charge in [-0.1, -0.05) is 60.7 Å². The predicted octanol–water partition coefficient (Wildman–Crippen LogP) is 5.72. The maximum atomic E-state index is 13.4. The molecule has 1 aliphatic heterocycles. The molecule has 4 aromatic rings. The van der Waals surface area contributed by atoms with Crippen molar-refractivity contribution in [2.45, 2.75) is 19.4 Å². The first-order valence-electron chi connectivity index (χ1n) is 11.6. The third-order valence-electron chi connectivity index (χ3n) is 5.95. The molecule has 1 saturated heterocycles. The molecule has 1 atom stereocenters. The fourth-order valence-corrected chi connectivity index (χ4v) is 5.21. The van der Waals surface area contributed by atoms with E-state index in [0.29, 0.717) is 39.9 Å². The zero-order chi connectivity index (χ0) is 25.2. The molecule has 1 N–H and O–H groups in total. The third-order valence-corrected chi connectivity index (χ3v) is 6.97. The van der Waals surface area contributed by atoms with Crippen molar-refractivity contribution in [1.29, 1.82) is 0 Å². The fourth-order valence-electron chi connectivity index (χ4n) is 4.19. The van der Waals surface area contributed by atoms with Crippen molar-refractivity contribution < 1.29 is 24.2 Å². The van der Waals surface area contributed by atoms with Crippen LogP contribution in [0.3, 0.4) is 0 Å². The number of ketones is 1. The number of carbonyl (C=O) groups excluding carboxylic acids is 2. The van der Waals surface area contributed by atoms with Gasteiger partial charge in [0.2, 0.25) is 0 Å². The number of ether oxygens (including phenoxy) is 2. The van der Waals surface area contributed by atoms with Crippen LogP contribution in [-0.2, 0) is 9.59 Å². The zero-order valence-corrected chi connectivity index (χ0v) is 20.6. The smallest absolute Gasteiger partial charge is 0.301 e. The van der Waals surface area contributed by atoms with Gasteiger partial charge in [0.25, 0.3) is 5.78 Å². The third kappa shape index (κ3) is 4.20. The van der Waals surface area contributed by atoms with E-state index in [9.17, 15) is 14.7 Å². The Kier molecular flexibility index (Phi) is 6.43. The minimum Gasteiger partial charge on any atom is -0.507 e. The number of rotatable bonds is 7. The van der Waals surface area contributed by atoms with E-state index in [2.05, 4.69) is 4.98 Å². The summed E-state index contributed by atoms with van der Waals surface area (Å²) in [5.41, 5.74) is 1.82. The molecule has 1 aromatic heterocycles. The van der Waals surface area contributed by atoms with Crippen molar-refractivity contribution in [3.63, 3.8) is 0 Å². The number of hydrogen-bond donors (Lipinski definition) is 1. The molecule has 7 nitrogen and oxygen atoms in total. The van der Waals surface area contributed by atoms with Crippen LogP contribution in [0.4, 0.5) is 5.13 Å². The lowest BCUT2D eigenvalue weighted by Gasteiger charge is -2.23.